The van der Waals surface area contributed by atoms with Crippen molar-refractivity contribution in [3.05, 3.63) is 12.4 Å². The Morgan fingerprint density at radius 3 is 3.05 bits per heavy atom. The summed E-state index contributed by atoms with van der Waals surface area (Å²) in [7, 11) is 0. The quantitative estimate of drug-likeness (QED) is 0.821. The van der Waals surface area contributed by atoms with Crippen molar-refractivity contribution in [2.45, 2.75) is 39.2 Å². The number of nitrogens with one attached hydrogen (secondary N) is 1. The molecule has 1 aromatic rings. The lowest BCUT2D eigenvalue weighted by molar-refractivity contribution is 0.275. The Balaban J connectivity index is 2.05. The molecule has 0 aromatic carbocycles. The van der Waals surface area contributed by atoms with Crippen molar-refractivity contribution in [1.82, 2.24) is 9.97 Å². The van der Waals surface area contributed by atoms with E-state index in [1.807, 2.05) is 6.07 Å². The van der Waals surface area contributed by atoms with Gasteiger partial charge in [0.25, 0.3) is 0 Å². The third kappa shape index (κ3) is 3.80. The second-order valence-electron chi connectivity index (χ2n) is 5.54. The minimum absolute atomic E-state index is 0.241. The number of hydrogen-bond acceptors (Lipinski definition) is 5. The van der Waals surface area contributed by atoms with Crippen molar-refractivity contribution in [1.29, 1.82) is 0 Å². The predicted molar refractivity (Wildman–Crippen MR) is 77.4 cm³/mol. The van der Waals surface area contributed by atoms with E-state index in [-0.39, 0.29) is 6.61 Å². The van der Waals surface area contributed by atoms with E-state index >= 15 is 0 Å². The topological polar surface area (TPSA) is 61.3 Å². The first-order chi connectivity index (χ1) is 9.20. The molecular formula is C14H24N4O. The van der Waals surface area contributed by atoms with Crippen molar-refractivity contribution in [2.24, 2.45) is 5.92 Å². The largest absolute Gasteiger partial charge is 0.396 e. The Bertz CT molecular complexity index is 397. The van der Waals surface area contributed by atoms with Gasteiger partial charge < -0.3 is 15.3 Å². The van der Waals surface area contributed by atoms with Gasteiger partial charge in [-0.25, -0.2) is 9.97 Å². The molecule has 0 spiro atoms. The van der Waals surface area contributed by atoms with Crippen molar-refractivity contribution < 1.29 is 5.11 Å². The summed E-state index contributed by atoms with van der Waals surface area (Å²) >= 11 is 0. The fourth-order valence-electron chi connectivity index (χ4n) is 2.50. The maximum Gasteiger partial charge on any atom is 0.134 e. The monoisotopic (exact) mass is 264 g/mol. The molecule has 1 fully saturated rings. The summed E-state index contributed by atoms with van der Waals surface area (Å²) in [6.45, 7) is 6.52. The van der Waals surface area contributed by atoms with Gasteiger partial charge in [0.15, 0.2) is 0 Å². The molecule has 1 aliphatic heterocycles. The minimum atomic E-state index is 0.241. The van der Waals surface area contributed by atoms with Gasteiger partial charge in [-0.3, -0.25) is 0 Å². The number of aromatic nitrogens is 2. The molecule has 0 saturated carbocycles. The van der Waals surface area contributed by atoms with Crippen LogP contribution in [0.3, 0.4) is 0 Å². The molecule has 1 saturated heterocycles. The molecule has 19 heavy (non-hydrogen) atoms. The second kappa shape index (κ2) is 6.70. The molecule has 0 aliphatic carbocycles. The number of aliphatic hydroxyl groups is 1. The summed E-state index contributed by atoms with van der Waals surface area (Å²) < 4.78 is 0. The predicted octanol–water partition coefficient (Wildman–Crippen LogP) is 1.90. The van der Waals surface area contributed by atoms with Gasteiger partial charge >= 0.3 is 0 Å². The fraction of sp³-hybridized carbons (Fsp3) is 0.714. The van der Waals surface area contributed by atoms with Crippen LogP contribution in [0.15, 0.2) is 12.4 Å². The summed E-state index contributed by atoms with van der Waals surface area (Å²) in [6.07, 6.45) is 4.74. The minimum Gasteiger partial charge on any atom is -0.396 e. The first-order valence-electron chi connectivity index (χ1n) is 7.14. The van der Waals surface area contributed by atoms with E-state index in [0.717, 1.165) is 37.6 Å². The Morgan fingerprint density at radius 1 is 1.47 bits per heavy atom. The van der Waals surface area contributed by atoms with Crippen LogP contribution in [0.1, 0.15) is 33.1 Å². The van der Waals surface area contributed by atoms with Crippen LogP contribution in [0, 0.1) is 5.92 Å². The average Bonchev–Trinajstić information content (AvgIpc) is 2.85. The highest BCUT2D eigenvalue weighted by Gasteiger charge is 2.25. The Labute approximate surface area is 115 Å². The van der Waals surface area contributed by atoms with Crippen molar-refractivity contribution in [2.75, 3.05) is 29.9 Å². The normalized spacial score (nSPS) is 19.2. The maximum atomic E-state index is 9.12. The van der Waals surface area contributed by atoms with Crippen LogP contribution < -0.4 is 10.2 Å². The standard InChI is InChI=1S/C14H24N4O/c1-11(2)9-15-13-8-14(17-10-16-13)18-6-3-4-12(18)5-7-19/h8,10-12,19H,3-7,9H2,1-2H3,(H,15,16,17). The van der Waals surface area contributed by atoms with Gasteiger partial charge in [0.1, 0.15) is 18.0 Å². The second-order valence-corrected chi connectivity index (χ2v) is 5.54. The number of anilines is 2. The molecule has 0 radical (unpaired) electrons. The van der Waals surface area contributed by atoms with Crippen LogP contribution in [-0.4, -0.2) is 40.8 Å². The third-order valence-corrected chi connectivity index (χ3v) is 3.48. The van der Waals surface area contributed by atoms with E-state index in [4.69, 9.17) is 5.11 Å². The molecule has 2 rings (SSSR count). The van der Waals surface area contributed by atoms with Crippen molar-refractivity contribution in [3.63, 3.8) is 0 Å². The van der Waals surface area contributed by atoms with Gasteiger partial charge in [-0.2, -0.15) is 0 Å². The summed E-state index contributed by atoms with van der Waals surface area (Å²) in [5.74, 6) is 2.44. The van der Waals surface area contributed by atoms with E-state index in [9.17, 15) is 0 Å². The first kappa shape index (κ1) is 14.1. The van der Waals surface area contributed by atoms with Crippen LogP contribution in [0.4, 0.5) is 11.6 Å². The SMILES string of the molecule is CC(C)CNc1cc(N2CCCC2CCO)ncn1. The summed E-state index contributed by atoms with van der Waals surface area (Å²) in [4.78, 5) is 10.9. The highest BCUT2D eigenvalue weighted by molar-refractivity contribution is 5.49. The molecule has 5 heteroatoms. The third-order valence-electron chi connectivity index (χ3n) is 3.48. The molecule has 2 N–H and O–H groups in total. The molecule has 1 aliphatic rings. The van der Waals surface area contributed by atoms with Crippen LogP contribution >= 0.6 is 0 Å². The van der Waals surface area contributed by atoms with Gasteiger partial charge in [-0.1, -0.05) is 13.8 Å². The maximum absolute atomic E-state index is 9.12. The smallest absolute Gasteiger partial charge is 0.134 e. The molecular weight excluding hydrogens is 240 g/mol. The van der Waals surface area contributed by atoms with E-state index in [0.29, 0.717) is 12.0 Å². The lowest BCUT2D eigenvalue weighted by Crippen LogP contribution is -2.30. The van der Waals surface area contributed by atoms with Crippen molar-refractivity contribution >= 4 is 11.6 Å². The summed E-state index contributed by atoms with van der Waals surface area (Å²) in [6, 6.07) is 2.43. The Kier molecular flexibility index (Phi) is 4.96. The highest BCUT2D eigenvalue weighted by atomic mass is 16.3. The summed E-state index contributed by atoms with van der Waals surface area (Å²) in [5, 5.41) is 12.4. The zero-order chi connectivity index (χ0) is 13.7. The van der Waals surface area contributed by atoms with Crippen molar-refractivity contribution in [3.8, 4) is 0 Å². The fourth-order valence-corrected chi connectivity index (χ4v) is 2.50. The molecule has 1 unspecified atom stereocenters. The molecule has 2 heterocycles. The van der Waals surface area contributed by atoms with Crippen LogP contribution in [0.2, 0.25) is 0 Å². The van der Waals surface area contributed by atoms with Gasteiger partial charge in [0.2, 0.25) is 0 Å². The number of aliphatic hydroxyl groups excluding tert-OH is 1. The molecule has 1 aromatic heterocycles. The van der Waals surface area contributed by atoms with E-state index in [1.165, 1.54) is 6.42 Å². The molecule has 106 valence electrons. The summed E-state index contributed by atoms with van der Waals surface area (Å²) in [5.41, 5.74) is 0. The van der Waals surface area contributed by atoms with Gasteiger partial charge in [-0.05, 0) is 25.2 Å². The lowest BCUT2D eigenvalue weighted by Gasteiger charge is -2.25. The van der Waals surface area contributed by atoms with Gasteiger partial charge in [-0.15, -0.1) is 0 Å². The first-order valence-corrected chi connectivity index (χ1v) is 7.14. The number of hydrogen-bond donors (Lipinski definition) is 2. The van der Waals surface area contributed by atoms with Gasteiger partial charge in [0, 0.05) is 31.8 Å². The molecule has 0 amide bonds. The zero-order valence-electron chi connectivity index (χ0n) is 11.8. The van der Waals surface area contributed by atoms with E-state index in [1.54, 1.807) is 6.33 Å². The highest BCUT2D eigenvalue weighted by Crippen LogP contribution is 2.26. The average molecular weight is 264 g/mol. The van der Waals surface area contributed by atoms with Gasteiger partial charge in [0.05, 0.1) is 0 Å². The Morgan fingerprint density at radius 2 is 2.32 bits per heavy atom. The Hall–Kier alpha value is -1.36. The molecule has 1 atom stereocenters. The molecule has 0 bridgehead atoms. The lowest BCUT2D eigenvalue weighted by atomic mass is 10.1. The van der Waals surface area contributed by atoms with Crippen LogP contribution in [0.25, 0.3) is 0 Å². The zero-order valence-corrected chi connectivity index (χ0v) is 11.8. The number of nitrogens with zero attached hydrogens (tertiary/aromatic N) is 3. The number of rotatable bonds is 6. The van der Waals surface area contributed by atoms with E-state index < -0.39 is 0 Å². The van der Waals surface area contributed by atoms with Crippen LogP contribution in [-0.2, 0) is 0 Å². The van der Waals surface area contributed by atoms with E-state index in [2.05, 4.69) is 34.0 Å². The van der Waals surface area contributed by atoms with Crippen LogP contribution in [0.5, 0.6) is 0 Å². The molecule has 5 nitrogen and oxygen atoms in total.